The van der Waals surface area contributed by atoms with Crippen LogP contribution in [0.5, 0.6) is 0 Å². The molecule has 1 aromatic rings. The van der Waals surface area contributed by atoms with Gasteiger partial charge in [-0.1, -0.05) is 13.0 Å². The van der Waals surface area contributed by atoms with Crippen molar-refractivity contribution in [3.05, 3.63) is 24.4 Å². The normalized spacial score (nSPS) is 11.8. The number of aliphatic carboxylic acids is 1. The number of anilines is 1. The molecule has 0 spiro atoms. The van der Waals surface area contributed by atoms with Crippen LogP contribution in [0.15, 0.2) is 24.4 Å². The first-order chi connectivity index (χ1) is 7.58. The fourth-order valence-electron chi connectivity index (χ4n) is 1.32. The second-order valence-electron chi connectivity index (χ2n) is 3.67. The Kier molecular flexibility index (Phi) is 4.44. The van der Waals surface area contributed by atoms with Gasteiger partial charge in [0, 0.05) is 19.0 Å². The molecule has 0 saturated carbocycles. The van der Waals surface area contributed by atoms with E-state index < -0.39 is 5.97 Å². The highest BCUT2D eigenvalue weighted by molar-refractivity contribution is 5.90. The summed E-state index contributed by atoms with van der Waals surface area (Å²) in [7, 11) is 0. The Hall–Kier alpha value is -1.91. The third-order valence-corrected chi connectivity index (χ3v) is 1.99. The van der Waals surface area contributed by atoms with E-state index in [0.29, 0.717) is 5.82 Å². The Labute approximate surface area is 93.5 Å². The number of amides is 1. The number of rotatable bonds is 5. The molecule has 5 heteroatoms. The fourth-order valence-corrected chi connectivity index (χ4v) is 1.32. The Balaban J connectivity index is 2.39. The van der Waals surface area contributed by atoms with E-state index in [0.717, 1.165) is 0 Å². The maximum absolute atomic E-state index is 11.5. The van der Waals surface area contributed by atoms with Crippen LogP contribution in [-0.4, -0.2) is 22.0 Å². The van der Waals surface area contributed by atoms with Gasteiger partial charge >= 0.3 is 5.97 Å². The molecule has 1 amide bonds. The highest BCUT2D eigenvalue weighted by Gasteiger charge is 2.12. The van der Waals surface area contributed by atoms with Crippen molar-refractivity contribution in [2.75, 3.05) is 5.32 Å². The minimum absolute atomic E-state index is 0.00433. The molecule has 0 aromatic carbocycles. The number of carbonyl (C=O) groups is 2. The maximum Gasteiger partial charge on any atom is 0.303 e. The summed E-state index contributed by atoms with van der Waals surface area (Å²) >= 11 is 0. The molecular formula is C11H14N2O3. The average Bonchev–Trinajstić information content (AvgIpc) is 2.17. The molecule has 0 aliphatic heterocycles. The monoisotopic (exact) mass is 222 g/mol. The van der Waals surface area contributed by atoms with Crippen LogP contribution in [0, 0.1) is 5.92 Å². The van der Waals surface area contributed by atoms with Gasteiger partial charge in [0.2, 0.25) is 5.91 Å². The third kappa shape index (κ3) is 4.54. The van der Waals surface area contributed by atoms with Crippen molar-refractivity contribution in [2.24, 2.45) is 5.92 Å². The largest absolute Gasteiger partial charge is 0.481 e. The predicted molar refractivity (Wildman–Crippen MR) is 58.9 cm³/mol. The number of pyridine rings is 1. The molecule has 0 aliphatic rings. The summed E-state index contributed by atoms with van der Waals surface area (Å²) in [5.74, 6) is -0.804. The number of hydrogen-bond donors (Lipinski definition) is 2. The van der Waals surface area contributed by atoms with E-state index in [9.17, 15) is 9.59 Å². The summed E-state index contributed by atoms with van der Waals surface area (Å²) in [6.07, 6.45) is 1.76. The Morgan fingerprint density at radius 2 is 2.19 bits per heavy atom. The van der Waals surface area contributed by atoms with Gasteiger partial charge < -0.3 is 10.4 Å². The number of nitrogens with zero attached hydrogens (tertiary/aromatic N) is 1. The molecule has 0 unspecified atom stereocenters. The van der Waals surface area contributed by atoms with Crippen LogP contribution in [0.25, 0.3) is 0 Å². The van der Waals surface area contributed by atoms with Crippen molar-refractivity contribution in [3.8, 4) is 0 Å². The van der Waals surface area contributed by atoms with Gasteiger partial charge in [-0.05, 0) is 18.1 Å². The molecule has 5 nitrogen and oxygen atoms in total. The van der Waals surface area contributed by atoms with Gasteiger partial charge in [-0.3, -0.25) is 9.59 Å². The van der Waals surface area contributed by atoms with Gasteiger partial charge in [0.05, 0.1) is 0 Å². The van der Waals surface area contributed by atoms with E-state index in [2.05, 4.69) is 10.3 Å². The lowest BCUT2D eigenvalue weighted by Crippen LogP contribution is -2.17. The van der Waals surface area contributed by atoms with Gasteiger partial charge in [0.25, 0.3) is 0 Å². The second-order valence-corrected chi connectivity index (χ2v) is 3.67. The first-order valence-corrected chi connectivity index (χ1v) is 5.00. The molecule has 1 atom stereocenters. The van der Waals surface area contributed by atoms with Crippen molar-refractivity contribution < 1.29 is 14.7 Å². The van der Waals surface area contributed by atoms with Crippen molar-refractivity contribution in [1.29, 1.82) is 0 Å². The molecule has 0 fully saturated rings. The summed E-state index contributed by atoms with van der Waals surface area (Å²) in [6.45, 7) is 1.73. The summed E-state index contributed by atoms with van der Waals surface area (Å²) in [5, 5.41) is 11.1. The Bertz CT molecular complexity index is 365. The number of hydrogen-bond acceptors (Lipinski definition) is 3. The zero-order valence-corrected chi connectivity index (χ0v) is 9.01. The summed E-state index contributed by atoms with van der Waals surface area (Å²) in [6, 6.07) is 5.20. The van der Waals surface area contributed by atoms with Gasteiger partial charge in [0.1, 0.15) is 5.82 Å². The van der Waals surface area contributed by atoms with E-state index in [1.165, 1.54) is 0 Å². The van der Waals surface area contributed by atoms with E-state index >= 15 is 0 Å². The first kappa shape index (κ1) is 12.2. The van der Waals surface area contributed by atoms with Crippen molar-refractivity contribution in [1.82, 2.24) is 4.98 Å². The fraction of sp³-hybridized carbons (Fsp3) is 0.364. The summed E-state index contributed by atoms with van der Waals surface area (Å²) < 4.78 is 0. The Morgan fingerprint density at radius 3 is 2.75 bits per heavy atom. The number of nitrogens with one attached hydrogen (secondary N) is 1. The topological polar surface area (TPSA) is 79.3 Å². The molecule has 86 valence electrons. The van der Waals surface area contributed by atoms with E-state index in [-0.39, 0.29) is 24.7 Å². The zero-order valence-electron chi connectivity index (χ0n) is 9.01. The number of carboxylic acids is 1. The first-order valence-electron chi connectivity index (χ1n) is 5.00. The highest BCUT2D eigenvalue weighted by Crippen LogP contribution is 2.09. The zero-order chi connectivity index (χ0) is 12.0. The molecule has 0 radical (unpaired) electrons. The van der Waals surface area contributed by atoms with Crippen LogP contribution in [0.2, 0.25) is 0 Å². The lowest BCUT2D eigenvalue weighted by Gasteiger charge is -2.08. The number of carbonyl (C=O) groups excluding carboxylic acids is 1. The van der Waals surface area contributed by atoms with Crippen LogP contribution in [0.1, 0.15) is 19.8 Å². The lowest BCUT2D eigenvalue weighted by atomic mass is 10.0. The van der Waals surface area contributed by atoms with Gasteiger partial charge in [-0.15, -0.1) is 0 Å². The highest BCUT2D eigenvalue weighted by atomic mass is 16.4. The molecule has 16 heavy (non-hydrogen) atoms. The quantitative estimate of drug-likeness (QED) is 0.791. The van der Waals surface area contributed by atoms with Crippen molar-refractivity contribution in [2.45, 2.75) is 19.8 Å². The van der Waals surface area contributed by atoms with Crippen LogP contribution in [0.4, 0.5) is 5.82 Å². The number of aromatic nitrogens is 1. The predicted octanol–water partition coefficient (Wildman–Crippen LogP) is 1.52. The second kappa shape index (κ2) is 5.85. The van der Waals surface area contributed by atoms with Crippen LogP contribution >= 0.6 is 0 Å². The van der Waals surface area contributed by atoms with Crippen LogP contribution in [-0.2, 0) is 9.59 Å². The average molecular weight is 222 g/mol. The number of carboxylic acid groups (broad SMARTS) is 1. The molecular weight excluding hydrogens is 208 g/mol. The molecule has 0 aliphatic carbocycles. The van der Waals surface area contributed by atoms with Gasteiger partial charge in [0.15, 0.2) is 0 Å². The molecule has 2 N–H and O–H groups in total. The molecule has 1 heterocycles. The smallest absolute Gasteiger partial charge is 0.303 e. The minimum atomic E-state index is -0.891. The van der Waals surface area contributed by atoms with E-state index in [1.54, 1.807) is 31.3 Å². The Morgan fingerprint density at radius 1 is 1.44 bits per heavy atom. The minimum Gasteiger partial charge on any atom is -0.481 e. The summed E-state index contributed by atoms with van der Waals surface area (Å²) in [5.41, 5.74) is 0. The van der Waals surface area contributed by atoms with E-state index in [4.69, 9.17) is 5.11 Å². The van der Waals surface area contributed by atoms with Crippen molar-refractivity contribution in [3.63, 3.8) is 0 Å². The van der Waals surface area contributed by atoms with Crippen LogP contribution < -0.4 is 5.32 Å². The molecule has 0 bridgehead atoms. The van der Waals surface area contributed by atoms with Crippen molar-refractivity contribution >= 4 is 17.7 Å². The molecule has 0 saturated heterocycles. The van der Waals surface area contributed by atoms with Gasteiger partial charge in [-0.25, -0.2) is 4.98 Å². The summed E-state index contributed by atoms with van der Waals surface area (Å²) in [4.78, 5) is 25.8. The van der Waals surface area contributed by atoms with Crippen LogP contribution in [0.3, 0.4) is 0 Å². The third-order valence-electron chi connectivity index (χ3n) is 1.99. The maximum atomic E-state index is 11.5. The van der Waals surface area contributed by atoms with Gasteiger partial charge in [-0.2, -0.15) is 0 Å². The standard InChI is InChI=1S/C11H14N2O3/c1-8(7-11(15)16)6-10(14)13-9-4-2-3-5-12-9/h2-5,8H,6-7H2,1H3,(H,15,16)(H,12,13,14)/t8-/m0/s1. The SMILES string of the molecule is C[C@H](CC(=O)O)CC(=O)Nc1ccccn1. The lowest BCUT2D eigenvalue weighted by molar-refractivity contribution is -0.138. The van der Waals surface area contributed by atoms with E-state index in [1.807, 2.05) is 0 Å². The molecule has 1 aromatic heterocycles. The molecule has 1 rings (SSSR count).